The quantitative estimate of drug-likeness (QED) is 0.470. The van der Waals surface area contributed by atoms with Gasteiger partial charge in [0, 0.05) is 5.69 Å². The van der Waals surface area contributed by atoms with Crippen molar-refractivity contribution in [3.8, 4) is 0 Å². The number of carbonyl (C=O) groups excluding carboxylic acids is 1. The lowest BCUT2D eigenvalue weighted by molar-refractivity contribution is -0.113. The number of hydrogen-bond donors (Lipinski definition) is 1. The highest BCUT2D eigenvalue weighted by atomic mass is 32.1. The average Bonchev–Trinajstić information content (AvgIpc) is 3.16. The molecule has 35 heavy (non-hydrogen) atoms. The van der Waals surface area contributed by atoms with Gasteiger partial charge in [-0.3, -0.25) is 14.2 Å². The molecule has 0 fully saturated rings. The van der Waals surface area contributed by atoms with Crippen LogP contribution in [0.15, 0.2) is 99.9 Å². The normalized spacial score (nSPS) is 15.5. The Hall–Kier alpha value is -4.10. The first-order chi connectivity index (χ1) is 16.9. The molecule has 0 spiro atoms. The Bertz CT molecular complexity index is 1630. The van der Waals surface area contributed by atoms with Gasteiger partial charge in [0.1, 0.15) is 5.82 Å². The summed E-state index contributed by atoms with van der Waals surface area (Å²) in [5.41, 5.74) is 3.89. The average molecular weight is 484 g/mol. The van der Waals surface area contributed by atoms with Crippen LogP contribution in [0.4, 0.5) is 10.1 Å². The zero-order valence-electron chi connectivity index (χ0n) is 19.2. The van der Waals surface area contributed by atoms with E-state index in [2.05, 4.69) is 10.3 Å². The van der Waals surface area contributed by atoms with Crippen molar-refractivity contribution >= 4 is 29.0 Å². The molecule has 5 rings (SSSR count). The van der Waals surface area contributed by atoms with Crippen LogP contribution < -0.4 is 20.2 Å². The van der Waals surface area contributed by atoms with E-state index < -0.39 is 6.04 Å². The highest BCUT2D eigenvalue weighted by Crippen LogP contribution is 2.31. The zero-order chi connectivity index (χ0) is 24.5. The number of aromatic nitrogens is 1. The van der Waals surface area contributed by atoms with E-state index in [1.54, 1.807) is 29.7 Å². The van der Waals surface area contributed by atoms with Gasteiger partial charge >= 0.3 is 0 Å². The summed E-state index contributed by atoms with van der Waals surface area (Å²) >= 11 is 1.25. The number of thiazole rings is 1. The van der Waals surface area contributed by atoms with Crippen LogP contribution in [-0.4, -0.2) is 10.5 Å². The molecule has 0 radical (unpaired) electrons. The van der Waals surface area contributed by atoms with Crippen molar-refractivity contribution in [2.45, 2.75) is 19.9 Å². The minimum Gasteiger partial charge on any atom is -0.322 e. The van der Waals surface area contributed by atoms with E-state index in [-0.39, 0.29) is 17.3 Å². The standard InChI is InChI=1S/C28H22FN3O2S/c1-17-8-6-7-11-22(17)31-26(33)24-18(2)30-28-32(25(24)20-9-4-3-5-10-20)27(34)23(35-28)16-19-12-14-21(29)15-13-19/h3-16,25H,1-2H3,(H,31,33). The van der Waals surface area contributed by atoms with Gasteiger partial charge in [0.15, 0.2) is 4.80 Å². The molecule has 174 valence electrons. The molecule has 1 amide bonds. The van der Waals surface area contributed by atoms with Gasteiger partial charge in [0.25, 0.3) is 11.5 Å². The van der Waals surface area contributed by atoms with Crippen molar-refractivity contribution in [1.82, 2.24) is 4.57 Å². The summed E-state index contributed by atoms with van der Waals surface area (Å²) in [6.45, 7) is 3.72. The highest BCUT2D eigenvalue weighted by Gasteiger charge is 2.32. The molecular weight excluding hydrogens is 461 g/mol. The Morgan fingerprint density at radius 1 is 1.00 bits per heavy atom. The molecule has 0 saturated heterocycles. The molecule has 5 nitrogen and oxygen atoms in total. The van der Waals surface area contributed by atoms with Crippen molar-refractivity contribution in [2.75, 3.05) is 5.32 Å². The smallest absolute Gasteiger partial charge is 0.271 e. The Morgan fingerprint density at radius 2 is 1.69 bits per heavy atom. The van der Waals surface area contributed by atoms with Crippen molar-refractivity contribution in [3.63, 3.8) is 0 Å². The van der Waals surface area contributed by atoms with Gasteiger partial charge in [-0.1, -0.05) is 72.0 Å². The first kappa shape index (κ1) is 22.7. The third-order valence-electron chi connectivity index (χ3n) is 5.94. The number of halogens is 1. The molecule has 1 unspecified atom stereocenters. The number of para-hydroxylation sites is 1. The van der Waals surface area contributed by atoms with E-state index in [0.717, 1.165) is 11.1 Å². The molecule has 0 saturated carbocycles. The molecule has 1 aliphatic heterocycles. The molecule has 0 aliphatic carbocycles. The Morgan fingerprint density at radius 3 is 2.40 bits per heavy atom. The van der Waals surface area contributed by atoms with Crippen LogP contribution >= 0.6 is 11.3 Å². The van der Waals surface area contributed by atoms with E-state index in [1.807, 2.05) is 61.5 Å². The van der Waals surface area contributed by atoms with Gasteiger partial charge in [-0.05, 0) is 54.8 Å². The maximum Gasteiger partial charge on any atom is 0.271 e. The third kappa shape index (κ3) is 4.38. The number of anilines is 1. The zero-order valence-corrected chi connectivity index (χ0v) is 20.0. The molecule has 1 atom stereocenters. The van der Waals surface area contributed by atoms with Crippen LogP contribution in [0.5, 0.6) is 0 Å². The lowest BCUT2D eigenvalue weighted by Gasteiger charge is -2.25. The van der Waals surface area contributed by atoms with Crippen LogP contribution in [0.2, 0.25) is 0 Å². The number of rotatable bonds is 4. The van der Waals surface area contributed by atoms with E-state index in [1.165, 1.54) is 23.5 Å². The summed E-state index contributed by atoms with van der Waals surface area (Å²) in [4.78, 5) is 32.4. The molecule has 1 aromatic heterocycles. The van der Waals surface area contributed by atoms with Crippen molar-refractivity contribution < 1.29 is 9.18 Å². The lowest BCUT2D eigenvalue weighted by atomic mass is 9.95. The van der Waals surface area contributed by atoms with E-state index in [9.17, 15) is 14.0 Å². The van der Waals surface area contributed by atoms with Crippen LogP contribution in [0.3, 0.4) is 0 Å². The molecule has 1 aliphatic rings. The minimum absolute atomic E-state index is 0.249. The second-order valence-corrected chi connectivity index (χ2v) is 9.32. The van der Waals surface area contributed by atoms with Gasteiger partial charge < -0.3 is 5.32 Å². The second kappa shape index (κ2) is 9.27. The molecular formula is C28H22FN3O2S. The number of aryl methyl sites for hydroxylation is 1. The van der Waals surface area contributed by atoms with E-state index >= 15 is 0 Å². The predicted octanol–water partition coefficient (Wildman–Crippen LogP) is 4.32. The van der Waals surface area contributed by atoms with Gasteiger partial charge in [0.05, 0.1) is 21.8 Å². The second-order valence-electron chi connectivity index (χ2n) is 8.31. The summed E-state index contributed by atoms with van der Waals surface area (Å²) in [5.74, 6) is -0.644. The maximum absolute atomic E-state index is 13.6. The molecule has 4 aromatic rings. The van der Waals surface area contributed by atoms with Crippen LogP contribution in [0, 0.1) is 12.7 Å². The van der Waals surface area contributed by atoms with E-state index in [4.69, 9.17) is 0 Å². The van der Waals surface area contributed by atoms with Crippen molar-refractivity contribution in [1.29, 1.82) is 0 Å². The molecule has 2 heterocycles. The number of hydrogen-bond acceptors (Lipinski definition) is 4. The van der Waals surface area contributed by atoms with Gasteiger partial charge in [-0.25, -0.2) is 9.38 Å². The number of fused-ring (bicyclic) bond motifs is 1. The number of carbonyl (C=O) groups is 1. The fraction of sp³-hybridized carbons (Fsp3) is 0.107. The molecule has 1 N–H and O–H groups in total. The molecule has 0 bridgehead atoms. The van der Waals surface area contributed by atoms with Crippen molar-refractivity contribution in [3.05, 3.63) is 132 Å². The highest BCUT2D eigenvalue weighted by molar-refractivity contribution is 7.07. The van der Waals surface area contributed by atoms with Crippen molar-refractivity contribution in [2.24, 2.45) is 4.99 Å². The first-order valence-corrected chi connectivity index (χ1v) is 11.9. The summed E-state index contributed by atoms with van der Waals surface area (Å²) in [5, 5.41) is 3.00. The third-order valence-corrected chi connectivity index (χ3v) is 6.93. The number of nitrogens with one attached hydrogen (secondary N) is 1. The largest absolute Gasteiger partial charge is 0.322 e. The molecule has 7 heteroatoms. The number of nitrogens with zero attached hydrogens (tertiary/aromatic N) is 2. The van der Waals surface area contributed by atoms with Crippen LogP contribution in [0.1, 0.15) is 29.7 Å². The lowest BCUT2D eigenvalue weighted by Crippen LogP contribution is -2.40. The summed E-state index contributed by atoms with van der Waals surface area (Å²) < 4.78 is 15.4. The topological polar surface area (TPSA) is 63.5 Å². The minimum atomic E-state index is -0.633. The maximum atomic E-state index is 13.6. The SMILES string of the molecule is CC1=C(C(=O)Nc2ccccc2C)C(c2ccccc2)n2c(sc(=Cc3ccc(F)cc3)c2=O)=N1. The number of amides is 1. The van der Waals surface area contributed by atoms with Gasteiger partial charge in [0.2, 0.25) is 0 Å². The molecule has 3 aromatic carbocycles. The first-order valence-electron chi connectivity index (χ1n) is 11.1. The summed E-state index contributed by atoms with van der Waals surface area (Å²) in [6, 6.07) is 22.3. The van der Waals surface area contributed by atoms with Crippen LogP contribution in [0.25, 0.3) is 6.08 Å². The number of allylic oxidation sites excluding steroid dienone is 1. The summed E-state index contributed by atoms with van der Waals surface area (Å²) in [6.07, 6.45) is 1.72. The van der Waals surface area contributed by atoms with E-state index in [0.29, 0.717) is 31.9 Å². The summed E-state index contributed by atoms with van der Waals surface area (Å²) in [7, 11) is 0. The monoisotopic (exact) mass is 483 g/mol. The Kier molecular flexibility index (Phi) is 6.01. The Balaban J connectivity index is 1.66. The van der Waals surface area contributed by atoms with Gasteiger partial charge in [-0.2, -0.15) is 0 Å². The number of benzene rings is 3. The fourth-order valence-electron chi connectivity index (χ4n) is 4.18. The predicted molar refractivity (Wildman–Crippen MR) is 136 cm³/mol. The fourth-order valence-corrected chi connectivity index (χ4v) is 5.22. The van der Waals surface area contributed by atoms with Gasteiger partial charge in [-0.15, -0.1) is 0 Å². The Labute approximate surface area is 205 Å². The van der Waals surface area contributed by atoms with Crippen LogP contribution in [-0.2, 0) is 4.79 Å².